The van der Waals surface area contributed by atoms with Gasteiger partial charge in [-0.2, -0.15) is 0 Å². The van der Waals surface area contributed by atoms with Crippen LogP contribution in [0.4, 0.5) is 22.7 Å². The fourth-order valence-electron chi connectivity index (χ4n) is 8.88. The van der Waals surface area contributed by atoms with Crippen molar-refractivity contribution in [2.45, 2.75) is 45.4 Å². The van der Waals surface area contributed by atoms with Gasteiger partial charge in [0.05, 0.1) is 51.4 Å². The van der Waals surface area contributed by atoms with Crippen molar-refractivity contribution in [1.82, 2.24) is 9.55 Å². The van der Waals surface area contributed by atoms with Gasteiger partial charge in [-0.15, -0.1) is 0 Å². The Morgan fingerprint density at radius 1 is 0.492 bits per heavy atom. The zero-order valence-electron chi connectivity index (χ0n) is 53.4. The summed E-state index contributed by atoms with van der Waals surface area (Å²) in [6, 6.07) is 20.2. The van der Waals surface area contributed by atoms with Gasteiger partial charge < -0.3 is 9.80 Å². The van der Waals surface area contributed by atoms with Crippen LogP contribution in [-0.4, -0.2) is 16.2 Å². The highest BCUT2D eigenvalue weighted by Crippen LogP contribution is 2.52. The summed E-state index contributed by atoms with van der Waals surface area (Å²) in [7, 11) is 0. The van der Waals surface area contributed by atoms with Crippen LogP contribution in [0.3, 0.4) is 0 Å². The van der Waals surface area contributed by atoms with Gasteiger partial charge in [-0.25, -0.2) is 4.98 Å². The third-order valence-electron chi connectivity index (χ3n) is 12.4. The molecule has 1 aliphatic rings. The lowest BCUT2D eigenvalue weighted by atomic mass is 9.77. The molecule has 0 N–H and O–H groups in total. The predicted octanol–water partition coefficient (Wildman–Crippen LogP) is 16.1. The summed E-state index contributed by atoms with van der Waals surface area (Å²) in [5.74, 6) is 0.788. The molecular formula is C61H52N4. The maximum absolute atomic E-state index is 10.1. The second kappa shape index (κ2) is 15.8. The SMILES string of the molecule is [2H]c1c([2H])c([2H])c(-c2c([2H])c(-c3c([2H])c([2H])c([2H])c([2H])c3[2H])c(N3CN(c4cccc(C(C)(C)c5ccc6c7ccccc7n(-c7cc(C(C)(C)C)ccn7)c6c5)c4)c4ccccc43)c(-c3c([2H])c([2H])c([2H])c([2H])c3[2H])c2[2H])c([2H])c1[2H]. The zero-order chi connectivity index (χ0) is 59.1. The summed E-state index contributed by atoms with van der Waals surface area (Å²) in [5, 5.41) is 2.13. The Hall–Kier alpha value is -7.69. The third kappa shape index (κ3) is 7.07. The smallest absolute Gasteiger partial charge is 0.137 e. The van der Waals surface area contributed by atoms with Crippen LogP contribution >= 0.6 is 0 Å². The zero-order valence-corrected chi connectivity index (χ0v) is 36.4. The Bertz CT molecular complexity index is 4210. The van der Waals surface area contributed by atoms with E-state index in [1.807, 2.05) is 59.6 Å². The number of para-hydroxylation sites is 3. The van der Waals surface area contributed by atoms with E-state index >= 15 is 0 Å². The first-order chi connectivity index (χ1) is 38.7. The minimum Gasteiger partial charge on any atom is -0.321 e. The van der Waals surface area contributed by atoms with Crippen molar-refractivity contribution < 1.29 is 23.3 Å². The average Bonchev–Trinajstić information content (AvgIpc) is 1.49. The number of pyridine rings is 1. The molecule has 0 saturated heterocycles. The van der Waals surface area contributed by atoms with E-state index in [0.29, 0.717) is 17.1 Å². The van der Waals surface area contributed by atoms with Crippen LogP contribution in [0.5, 0.6) is 0 Å². The summed E-state index contributed by atoms with van der Waals surface area (Å²) in [4.78, 5) is 8.41. The van der Waals surface area contributed by atoms with Crippen LogP contribution in [0.1, 0.15) is 74.6 Å². The summed E-state index contributed by atoms with van der Waals surface area (Å²) in [6.07, 6.45) is 1.85. The second-order valence-corrected chi connectivity index (χ2v) is 17.6. The average molecular weight is 858 g/mol. The van der Waals surface area contributed by atoms with Crippen molar-refractivity contribution in [3.63, 3.8) is 0 Å². The molecule has 0 spiro atoms. The standard InChI is InChI=1S/C61H52N4/c1-60(2,3)46-34-35-62-58(40-46)65-54-29-16-15-28-50(54)51-33-32-48(39-57(51)65)61(4,5)47-26-19-27-49(38-47)63-41-64(56-31-18-17-30-55(56)63)59-52(43-22-11-7-12-23-43)36-45(42-20-9-6-10-21-42)37-53(59)44-24-13-8-14-25-44/h6-40H,41H2,1-5H3/i6D,7D,8D,9D,10D,11D,12D,13D,14D,20D,21D,22D,23D,24D,25D,36D,37D. The first-order valence-corrected chi connectivity index (χ1v) is 21.3. The van der Waals surface area contributed by atoms with Crippen molar-refractivity contribution >= 4 is 44.6 Å². The third-order valence-corrected chi connectivity index (χ3v) is 12.4. The molecule has 8 aromatic carbocycles. The fraction of sp³-hybridized carbons (Fsp3) is 0.131. The van der Waals surface area contributed by atoms with Crippen molar-refractivity contribution in [3.05, 3.63) is 229 Å². The highest BCUT2D eigenvalue weighted by atomic mass is 15.4. The van der Waals surface area contributed by atoms with Crippen LogP contribution in [0.25, 0.3) is 61.0 Å². The lowest BCUT2D eigenvalue weighted by Crippen LogP contribution is -2.25. The molecule has 0 unspecified atom stereocenters. The van der Waals surface area contributed by atoms with Crippen LogP contribution < -0.4 is 9.80 Å². The minimum absolute atomic E-state index is 0.127. The van der Waals surface area contributed by atoms with E-state index in [4.69, 9.17) is 20.1 Å². The normalized spacial score (nSPS) is 16.5. The molecule has 0 radical (unpaired) electrons. The molecule has 316 valence electrons. The number of benzene rings is 8. The van der Waals surface area contributed by atoms with Gasteiger partial charge in [-0.1, -0.05) is 180 Å². The molecule has 11 rings (SSSR count). The highest BCUT2D eigenvalue weighted by Gasteiger charge is 2.33. The lowest BCUT2D eigenvalue weighted by molar-refractivity contribution is 0.588. The summed E-state index contributed by atoms with van der Waals surface area (Å²) in [5.41, 5.74) is 2.06. The Balaban J connectivity index is 1.16. The number of hydrogen-bond donors (Lipinski definition) is 0. The van der Waals surface area contributed by atoms with Gasteiger partial charge in [-0.05, 0) is 105 Å². The van der Waals surface area contributed by atoms with Gasteiger partial charge in [0.2, 0.25) is 0 Å². The summed E-state index contributed by atoms with van der Waals surface area (Å²) < 4.78 is 156. The van der Waals surface area contributed by atoms with Crippen molar-refractivity contribution in [1.29, 1.82) is 0 Å². The van der Waals surface area contributed by atoms with E-state index in [2.05, 4.69) is 75.6 Å². The molecule has 3 heterocycles. The fourth-order valence-corrected chi connectivity index (χ4v) is 8.88. The lowest BCUT2D eigenvalue weighted by Gasteiger charge is -2.30. The Labute approximate surface area is 406 Å². The summed E-state index contributed by atoms with van der Waals surface area (Å²) in [6.45, 7) is 10.6. The van der Waals surface area contributed by atoms with Crippen LogP contribution in [0, 0.1) is 0 Å². The van der Waals surface area contributed by atoms with Crippen LogP contribution in [0.2, 0.25) is 0 Å². The van der Waals surface area contributed by atoms with E-state index in [-0.39, 0.29) is 17.8 Å². The molecule has 0 atom stereocenters. The molecule has 1 aliphatic heterocycles. The number of aromatic nitrogens is 2. The molecule has 0 saturated carbocycles. The molecule has 2 aromatic heterocycles. The predicted molar refractivity (Wildman–Crippen MR) is 274 cm³/mol. The van der Waals surface area contributed by atoms with E-state index in [1.165, 1.54) is 0 Å². The quantitative estimate of drug-likeness (QED) is 0.152. The van der Waals surface area contributed by atoms with Gasteiger partial charge in [0.25, 0.3) is 0 Å². The number of anilines is 4. The molecule has 4 nitrogen and oxygen atoms in total. The van der Waals surface area contributed by atoms with Gasteiger partial charge in [0.1, 0.15) is 12.5 Å². The molecule has 0 bridgehead atoms. The highest BCUT2D eigenvalue weighted by molar-refractivity contribution is 6.09. The van der Waals surface area contributed by atoms with Gasteiger partial charge in [0.15, 0.2) is 0 Å². The van der Waals surface area contributed by atoms with Gasteiger partial charge >= 0.3 is 0 Å². The van der Waals surface area contributed by atoms with E-state index in [0.717, 1.165) is 44.3 Å². The van der Waals surface area contributed by atoms with E-state index in [9.17, 15) is 8.22 Å². The molecule has 0 amide bonds. The summed E-state index contributed by atoms with van der Waals surface area (Å²) >= 11 is 0. The Morgan fingerprint density at radius 3 is 1.74 bits per heavy atom. The van der Waals surface area contributed by atoms with Crippen LogP contribution in [-0.2, 0) is 10.8 Å². The van der Waals surface area contributed by atoms with Gasteiger partial charge in [-0.3, -0.25) is 4.57 Å². The molecule has 0 fully saturated rings. The monoisotopic (exact) mass is 858 g/mol. The first-order valence-electron chi connectivity index (χ1n) is 29.8. The second-order valence-electron chi connectivity index (χ2n) is 17.6. The maximum atomic E-state index is 10.1. The number of hydrogen-bond acceptors (Lipinski definition) is 3. The number of rotatable bonds is 8. The molecule has 10 aromatic rings. The number of fused-ring (bicyclic) bond motifs is 4. The van der Waals surface area contributed by atoms with E-state index < -0.39 is 142 Å². The number of nitrogens with zero attached hydrogens (tertiary/aromatic N) is 4. The Morgan fingerprint density at radius 2 is 1.08 bits per heavy atom. The van der Waals surface area contributed by atoms with E-state index in [1.54, 1.807) is 23.1 Å². The van der Waals surface area contributed by atoms with Crippen molar-refractivity contribution in [2.75, 3.05) is 16.5 Å². The first kappa shape index (κ1) is 25.6. The molecule has 0 aliphatic carbocycles. The minimum atomic E-state index is -0.842. The largest absolute Gasteiger partial charge is 0.321 e. The van der Waals surface area contributed by atoms with Crippen LogP contribution in [0.15, 0.2) is 212 Å². The van der Waals surface area contributed by atoms with Gasteiger partial charge in [0, 0.05) is 39.2 Å². The molecular weight excluding hydrogens is 789 g/mol. The molecule has 65 heavy (non-hydrogen) atoms. The van der Waals surface area contributed by atoms with Crippen molar-refractivity contribution in [2.24, 2.45) is 0 Å². The molecule has 4 heteroatoms. The van der Waals surface area contributed by atoms with Crippen molar-refractivity contribution in [3.8, 4) is 39.2 Å². The maximum Gasteiger partial charge on any atom is 0.137 e. The Kier molecular flexibility index (Phi) is 6.23. The topological polar surface area (TPSA) is 24.3 Å².